The van der Waals surface area contributed by atoms with Crippen molar-refractivity contribution in [2.45, 2.75) is 13.5 Å². The standard InChI is InChI=1S/C24H20N6O3/c1-17(31)19-10-12-20(13-11-19)28-23-22(30(32)33)24(27-16-26-23)29(21-9-5-6-14-25-21)15-18-7-3-2-4-8-18/h2-14,16H,15H2,1H3,(H,26,27,28). The van der Waals surface area contributed by atoms with Crippen LogP contribution in [-0.4, -0.2) is 25.7 Å². The fourth-order valence-electron chi connectivity index (χ4n) is 3.30. The Balaban J connectivity index is 1.77. The summed E-state index contributed by atoms with van der Waals surface area (Å²) in [4.78, 5) is 37.6. The molecule has 33 heavy (non-hydrogen) atoms. The third-order valence-corrected chi connectivity index (χ3v) is 4.90. The Morgan fingerprint density at radius 2 is 1.70 bits per heavy atom. The molecule has 0 fully saturated rings. The molecule has 0 amide bonds. The summed E-state index contributed by atoms with van der Waals surface area (Å²) in [5.74, 6) is 0.596. The highest BCUT2D eigenvalue weighted by Crippen LogP contribution is 2.37. The van der Waals surface area contributed by atoms with Crippen LogP contribution in [0.4, 0.5) is 28.8 Å². The van der Waals surface area contributed by atoms with Gasteiger partial charge >= 0.3 is 5.69 Å². The van der Waals surface area contributed by atoms with Crippen LogP contribution in [0.15, 0.2) is 85.3 Å². The second kappa shape index (κ2) is 9.65. The molecule has 2 heterocycles. The van der Waals surface area contributed by atoms with Gasteiger partial charge in [0.1, 0.15) is 12.1 Å². The van der Waals surface area contributed by atoms with Crippen LogP contribution in [0.3, 0.4) is 0 Å². The van der Waals surface area contributed by atoms with Gasteiger partial charge in [-0.3, -0.25) is 14.9 Å². The molecular weight excluding hydrogens is 420 g/mol. The number of hydrogen-bond donors (Lipinski definition) is 1. The topological polar surface area (TPSA) is 114 Å². The molecule has 0 bridgehead atoms. The summed E-state index contributed by atoms with van der Waals surface area (Å²) in [5, 5.41) is 15.1. The van der Waals surface area contributed by atoms with E-state index in [4.69, 9.17) is 0 Å². The minimum absolute atomic E-state index is 0.0366. The van der Waals surface area contributed by atoms with Gasteiger partial charge in [-0.2, -0.15) is 0 Å². The van der Waals surface area contributed by atoms with Crippen LogP contribution in [0.2, 0.25) is 0 Å². The molecule has 2 aromatic carbocycles. The van der Waals surface area contributed by atoms with Gasteiger partial charge in [-0.05, 0) is 48.9 Å². The Morgan fingerprint density at radius 1 is 0.970 bits per heavy atom. The first kappa shape index (κ1) is 21.6. The third-order valence-electron chi connectivity index (χ3n) is 4.90. The lowest BCUT2D eigenvalue weighted by molar-refractivity contribution is -0.383. The van der Waals surface area contributed by atoms with Gasteiger partial charge in [0, 0.05) is 17.4 Å². The van der Waals surface area contributed by atoms with E-state index in [1.807, 2.05) is 36.4 Å². The number of carbonyl (C=O) groups is 1. The zero-order chi connectivity index (χ0) is 23.2. The fourth-order valence-corrected chi connectivity index (χ4v) is 3.30. The predicted octanol–water partition coefficient (Wildman–Crippen LogP) is 5.06. The highest BCUT2D eigenvalue weighted by atomic mass is 16.6. The minimum atomic E-state index is -0.511. The van der Waals surface area contributed by atoms with Crippen molar-refractivity contribution in [2.75, 3.05) is 10.2 Å². The van der Waals surface area contributed by atoms with Crippen molar-refractivity contribution in [3.8, 4) is 0 Å². The molecule has 0 radical (unpaired) electrons. The van der Waals surface area contributed by atoms with Crippen LogP contribution in [0.5, 0.6) is 0 Å². The Morgan fingerprint density at radius 3 is 2.33 bits per heavy atom. The molecule has 0 spiro atoms. The number of nitro groups is 1. The number of anilines is 4. The maximum Gasteiger partial charge on any atom is 0.354 e. The van der Waals surface area contributed by atoms with Crippen molar-refractivity contribution in [2.24, 2.45) is 0 Å². The average Bonchev–Trinajstić information content (AvgIpc) is 2.84. The Hall–Kier alpha value is -4.66. The molecule has 0 saturated heterocycles. The molecule has 0 saturated carbocycles. The smallest absolute Gasteiger partial charge is 0.334 e. The van der Waals surface area contributed by atoms with E-state index in [-0.39, 0.29) is 23.1 Å². The van der Waals surface area contributed by atoms with Crippen LogP contribution in [0.25, 0.3) is 0 Å². The first-order valence-electron chi connectivity index (χ1n) is 10.1. The van der Waals surface area contributed by atoms with Crippen LogP contribution in [-0.2, 0) is 6.54 Å². The van der Waals surface area contributed by atoms with Crippen molar-refractivity contribution < 1.29 is 9.72 Å². The molecule has 4 rings (SSSR count). The number of hydrogen-bond acceptors (Lipinski definition) is 8. The molecular formula is C24H20N6O3. The number of rotatable bonds is 8. The van der Waals surface area contributed by atoms with Gasteiger partial charge in [-0.15, -0.1) is 0 Å². The zero-order valence-electron chi connectivity index (χ0n) is 17.8. The lowest BCUT2D eigenvalue weighted by Crippen LogP contribution is -2.21. The number of nitrogens with zero attached hydrogens (tertiary/aromatic N) is 5. The first-order chi connectivity index (χ1) is 16.0. The fraction of sp³-hybridized carbons (Fsp3) is 0.0833. The van der Waals surface area contributed by atoms with Crippen LogP contribution < -0.4 is 10.2 Å². The SMILES string of the molecule is CC(=O)c1ccc(Nc2ncnc(N(Cc3ccccc3)c3ccccn3)c2[N+](=O)[O-])cc1. The number of ketones is 1. The number of Topliss-reactive ketones (excluding diaryl/α,β-unsaturated/α-hetero) is 1. The van der Waals surface area contributed by atoms with Gasteiger partial charge in [0.25, 0.3) is 0 Å². The molecule has 0 aliphatic rings. The summed E-state index contributed by atoms with van der Waals surface area (Å²) >= 11 is 0. The van der Waals surface area contributed by atoms with Crippen molar-refractivity contribution in [3.05, 3.63) is 107 Å². The van der Waals surface area contributed by atoms with E-state index in [1.165, 1.54) is 13.3 Å². The number of aromatic nitrogens is 3. The molecule has 1 N–H and O–H groups in total. The largest absolute Gasteiger partial charge is 0.354 e. The Bertz CT molecular complexity index is 1260. The van der Waals surface area contributed by atoms with Gasteiger partial charge in [-0.1, -0.05) is 36.4 Å². The van der Waals surface area contributed by atoms with E-state index in [9.17, 15) is 14.9 Å². The monoisotopic (exact) mass is 440 g/mol. The number of nitrogens with one attached hydrogen (secondary N) is 1. The molecule has 164 valence electrons. The summed E-state index contributed by atoms with van der Waals surface area (Å²) in [7, 11) is 0. The molecule has 0 atom stereocenters. The van der Waals surface area contributed by atoms with Gasteiger partial charge in [0.2, 0.25) is 11.6 Å². The van der Waals surface area contributed by atoms with E-state index in [2.05, 4.69) is 20.3 Å². The lowest BCUT2D eigenvalue weighted by Gasteiger charge is -2.23. The van der Waals surface area contributed by atoms with E-state index in [1.54, 1.807) is 47.5 Å². The van der Waals surface area contributed by atoms with Crippen molar-refractivity contribution >= 4 is 34.6 Å². The second-order valence-corrected chi connectivity index (χ2v) is 7.17. The van der Waals surface area contributed by atoms with Crippen LogP contribution >= 0.6 is 0 Å². The lowest BCUT2D eigenvalue weighted by atomic mass is 10.1. The van der Waals surface area contributed by atoms with Gasteiger partial charge in [-0.25, -0.2) is 15.0 Å². The van der Waals surface area contributed by atoms with Crippen LogP contribution in [0.1, 0.15) is 22.8 Å². The van der Waals surface area contributed by atoms with Crippen molar-refractivity contribution in [1.29, 1.82) is 0 Å². The first-order valence-corrected chi connectivity index (χ1v) is 10.1. The third kappa shape index (κ3) is 4.99. The quantitative estimate of drug-likeness (QED) is 0.230. The van der Waals surface area contributed by atoms with Crippen molar-refractivity contribution in [1.82, 2.24) is 15.0 Å². The molecule has 2 aromatic heterocycles. The molecule has 0 aliphatic heterocycles. The molecule has 4 aromatic rings. The average molecular weight is 440 g/mol. The summed E-state index contributed by atoms with van der Waals surface area (Å²) < 4.78 is 0. The number of benzene rings is 2. The molecule has 9 nitrogen and oxygen atoms in total. The van der Waals surface area contributed by atoms with E-state index < -0.39 is 4.92 Å². The van der Waals surface area contributed by atoms with Crippen molar-refractivity contribution in [3.63, 3.8) is 0 Å². The highest BCUT2D eigenvalue weighted by molar-refractivity contribution is 5.94. The number of pyridine rings is 1. The van der Waals surface area contributed by atoms with Gasteiger partial charge in [0.05, 0.1) is 11.5 Å². The Kier molecular flexibility index (Phi) is 6.31. The molecule has 0 unspecified atom stereocenters. The summed E-state index contributed by atoms with van der Waals surface area (Å²) in [6, 6.07) is 21.5. The predicted molar refractivity (Wildman–Crippen MR) is 125 cm³/mol. The maximum absolute atomic E-state index is 12.2. The summed E-state index contributed by atoms with van der Waals surface area (Å²) in [5.41, 5.74) is 1.75. The minimum Gasteiger partial charge on any atom is -0.334 e. The normalized spacial score (nSPS) is 10.5. The van der Waals surface area contributed by atoms with E-state index in [0.29, 0.717) is 23.6 Å². The molecule has 0 aliphatic carbocycles. The molecule has 9 heteroatoms. The van der Waals surface area contributed by atoms with Gasteiger partial charge in [0.15, 0.2) is 5.78 Å². The number of carbonyl (C=O) groups excluding carboxylic acids is 1. The Labute approximate surface area is 189 Å². The van der Waals surface area contributed by atoms with E-state index in [0.717, 1.165) is 5.56 Å². The summed E-state index contributed by atoms with van der Waals surface area (Å²) in [6.07, 6.45) is 2.89. The zero-order valence-corrected chi connectivity index (χ0v) is 17.8. The second-order valence-electron chi connectivity index (χ2n) is 7.17. The van der Waals surface area contributed by atoms with Gasteiger partial charge < -0.3 is 10.2 Å². The highest BCUT2D eigenvalue weighted by Gasteiger charge is 2.29. The maximum atomic E-state index is 12.2. The van der Waals surface area contributed by atoms with E-state index >= 15 is 0 Å². The van der Waals surface area contributed by atoms with Crippen LogP contribution in [0, 0.1) is 10.1 Å². The summed E-state index contributed by atoms with van der Waals surface area (Å²) in [6.45, 7) is 1.80.